The maximum Gasteiger partial charge on any atom is 0.232 e. The van der Waals surface area contributed by atoms with E-state index in [9.17, 15) is 4.79 Å². The average molecular weight is 409 g/mol. The fourth-order valence-corrected chi connectivity index (χ4v) is 2.31. The van der Waals surface area contributed by atoms with Gasteiger partial charge in [-0.3, -0.25) is 9.78 Å². The number of anilines is 3. The Labute approximate surface area is 176 Å². The first-order chi connectivity index (χ1) is 14.5. The van der Waals surface area contributed by atoms with Crippen LogP contribution in [0.2, 0.25) is 0 Å². The highest BCUT2D eigenvalue weighted by Gasteiger charge is 2.00. The summed E-state index contributed by atoms with van der Waals surface area (Å²) in [6.07, 6.45) is 5.66. The minimum Gasteiger partial charge on any atom is -0.476 e. The Hall–Kier alpha value is -3.68. The predicted octanol–water partition coefficient (Wildman–Crippen LogP) is 3.66. The van der Waals surface area contributed by atoms with Crippen LogP contribution in [0.15, 0.2) is 55.0 Å². The van der Waals surface area contributed by atoms with Crippen molar-refractivity contribution in [2.24, 2.45) is 5.92 Å². The number of carbonyl (C=O) groups is 1. The molecule has 0 fully saturated rings. The van der Waals surface area contributed by atoms with Gasteiger partial charge in [0.2, 0.25) is 12.3 Å². The molecule has 158 valence electrons. The van der Waals surface area contributed by atoms with Crippen molar-refractivity contribution in [3.05, 3.63) is 66.2 Å². The van der Waals surface area contributed by atoms with Gasteiger partial charge in [0.05, 0.1) is 30.4 Å². The number of nitrogens with zero attached hydrogens (tertiary/aromatic N) is 3. The molecule has 0 saturated heterocycles. The van der Waals surface area contributed by atoms with Crippen LogP contribution in [0.3, 0.4) is 0 Å². The molecule has 30 heavy (non-hydrogen) atoms. The van der Waals surface area contributed by atoms with Crippen LogP contribution in [0, 0.1) is 12.8 Å². The predicted molar refractivity (Wildman–Crippen MR) is 119 cm³/mol. The number of aryl methyl sites for hydroxylation is 1. The molecule has 0 spiro atoms. The molecule has 8 heteroatoms. The molecule has 0 saturated carbocycles. The van der Waals surface area contributed by atoms with Crippen molar-refractivity contribution in [1.82, 2.24) is 15.0 Å². The van der Waals surface area contributed by atoms with Crippen LogP contribution in [-0.4, -0.2) is 28.0 Å². The second-order valence-electron chi connectivity index (χ2n) is 6.95. The van der Waals surface area contributed by atoms with Crippen LogP contribution in [0.5, 0.6) is 5.88 Å². The summed E-state index contributed by atoms with van der Waals surface area (Å²) in [4.78, 5) is 22.5. The Morgan fingerprint density at radius 2 is 1.97 bits per heavy atom. The fourth-order valence-electron chi connectivity index (χ4n) is 2.31. The van der Waals surface area contributed by atoms with E-state index in [1.807, 2.05) is 43.3 Å². The zero-order valence-corrected chi connectivity index (χ0v) is 17.5. The fraction of sp³-hybridized carbons (Fsp3) is 0.273. The van der Waals surface area contributed by atoms with Crippen molar-refractivity contribution in [1.29, 1.82) is 0 Å². The number of benzene rings is 1. The van der Waals surface area contributed by atoms with Gasteiger partial charge >= 0.3 is 0 Å². The topological polar surface area (TPSA) is 115 Å². The highest BCUT2D eigenvalue weighted by atomic mass is 16.5. The van der Waals surface area contributed by atoms with Gasteiger partial charge in [-0.15, -0.1) is 0 Å². The van der Waals surface area contributed by atoms with Crippen LogP contribution in [0.25, 0.3) is 0 Å². The van der Waals surface area contributed by atoms with E-state index in [1.54, 1.807) is 18.6 Å². The summed E-state index contributed by atoms with van der Waals surface area (Å²) in [6.45, 7) is 7.41. The third-order valence-corrected chi connectivity index (χ3v) is 3.80. The van der Waals surface area contributed by atoms with Crippen molar-refractivity contribution in [2.45, 2.75) is 27.3 Å². The summed E-state index contributed by atoms with van der Waals surface area (Å²) in [5, 5.41) is 5.81. The summed E-state index contributed by atoms with van der Waals surface area (Å²) in [5.74, 6) is 1.60. The van der Waals surface area contributed by atoms with Gasteiger partial charge in [0.1, 0.15) is 5.82 Å². The van der Waals surface area contributed by atoms with Crippen molar-refractivity contribution in [3.63, 3.8) is 0 Å². The van der Waals surface area contributed by atoms with Gasteiger partial charge in [-0.25, -0.2) is 9.97 Å². The number of nitrogens with one attached hydrogen (secondary N) is 2. The smallest absolute Gasteiger partial charge is 0.232 e. The first-order valence-corrected chi connectivity index (χ1v) is 9.63. The van der Waals surface area contributed by atoms with Gasteiger partial charge in [0.15, 0.2) is 0 Å². The molecule has 1 aromatic carbocycles. The van der Waals surface area contributed by atoms with Gasteiger partial charge < -0.3 is 21.1 Å². The lowest BCUT2D eigenvalue weighted by atomic mass is 10.2. The molecule has 3 aromatic rings. The van der Waals surface area contributed by atoms with E-state index < -0.39 is 0 Å². The normalized spacial score (nSPS) is 10.0. The van der Waals surface area contributed by atoms with Crippen LogP contribution < -0.4 is 21.1 Å². The lowest BCUT2D eigenvalue weighted by Crippen LogP contribution is -2.05. The molecular formula is C22H28N6O2. The number of hydrogen-bond donors (Lipinski definition) is 3. The van der Waals surface area contributed by atoms with E-state index in [0.717, 1.165) is 22.6 Å². The van der Waals surface area contributed by atoms with Gasteiger partial charge in [0.25, 0.3) is 0 Å². The highest BCUT2D eigenvalue weighted by Crippen LogP contribution is 2.16. The Balaban J connectivity index is 0.000000232. The van der Waals surface area contributed by atoms with E-state index in [-0.39, 0.29) is 0 Å². The second-order valence-corrected chi connectivity index (χ2v) is 6.95. The number of amides is 1. The lowest BCUT2D eigenvalue weighted by Gasteiger charge is -2.09. The summed E-state index contributed by atoms with van der Waals surface area (Å²) < 4.78 is 5.35. The molecular weight excluding hydrogens is 380 g/mol. The molecule has 2 heterocycles. The van der Waals surface area contributed by atoms with Gasteiger partial charge in [0, 0.05) is 18.4 Å². The van der Waals surface area contributed by atoms with Gasteiger partial charge in [-0.2, -0.15) is 0 Å². The number of nitrogens with two attached hydrogens (primary N) is 1. The average Bonchev–Trinajstić information content (AvgIpc) is 2.74. The Kier molecular flexibility index (Phi) is 9.05. The monoisotopic (exact) mass is 408 g/mol. The first kappa shape index (κ1) is 22.6. The highest BCUT2D eigenvalue weighted by molar-refractivity contribution is 5.71. The summed E-state index contributed by atoms with van der Waals surface area (Å²) >= 11 is 0. The maximum absolute atomic E-state index is 10.4. The zero-order chi connectivity index (χ0) is 21.8. The molecule has 0 bridgehead atoms. The molecule has 0 aliphatic carbocycles. The number of hydrogen-bond acceptors (Lipinski definition) is 7. The van der Waals surface area contributed by atoms with Crippen molar-refractivity contribution < 1.29 is 9.53 Å². The molecule has 4 N–H and O–H groups in total. The molecule has 8 nitrogen and oxygen atoms in total. The SMILES string of the molecule is Cc1cnc(OCC(C)C)cn1.Nc1ncccc1NCc1cccc(NC=O)c1. The van der Waals surface area contributed by atoms with E-state index in [2.05, 4.69) is 39.4 Å². The Morgan fingerprint density at radius 3 is 2.63 bits per heavy atom. The maximum atomic E-state index is 10.4. The zero-order valence-electron chi connectivity index (χ0n) is 17.5. The van der Waals surface area contributed by atoms with Crippen molar-refractivity contribution in [2.75, 3.05) is 23.0 Å². The Bertz CT molecular complexity index is 916. The first-order valence-electron chi connectivity index (χ1n) is 9.63. The number of ether oxygens (including phenoxy) is 1. The van der Waals surface area contributed by atoms with E-state index in [0.29, 0.717) is 37.2 Å². The van der Waals surface area contributed by atoms with Crippen molar-refractivity contribution >= 4 is 23.6 Å². The van der Waals surface area contributed by atoms with Gasteiger partial charge in [-0.1, -0.05) is 26.0 Å². The molecule has 3 rings (SSSR count). The standard InChI is InChI=1S/C13H14N4O.C9H14N2O/c14-13-12(5-2-6-15-13)16-8-10-3-1-4-11(7-10)17-9-18;1-7(2)6-12-9-5-10-8(3)4-11-9/h1-7,9,16H,8H2,(H2,14,15)(H,17,18);4-5,7H,6H2,1-3H3. The van der Waals surface area contributed by atoms with Crippen molar-refractivity contribution in [3.8, 4) is 5.88 Å². The van der Waals surface area contributed by atoms with Crippen LogP contribution in [0.1, 0.15) is 25.1 Å². The molecule has 0 atom stereocenters. The number of aromatic nitrogens is 3. The number of carbonyl (C=O) groups excluding carboxylic acids is 1. The molecule has 2 aromatic heterocycles. The second kappa shape index (κ2) is 12.0. The minimum atomic E-state index is 0.472. The summed E-state index contributed by atoms with van der Waals surface area (Å²) in [6, 6.07) is 11.3. The summed E-state index contributed by atoms with van der Waals surface area (Å²) in [5.41, 5.74) is 9.25. The lowest BCUT2D eigenvalue weighted by molar-refractivity contribution is -0.105. The molecule has 0 radical (unpaired) electrons. The quantitative estimate of drug-likeness (QED) is 0.487. The molecule has 0 unspecified atom stereocenters. The van der Waals surface area contributed by atoms with Crippen LogP contribution in [0.4, 0.5) is 17.2 Å². The van der Waals surface area contributed by atoms with E-state index >= 15 is 0 Å². The number of rotatable bonds is 8. The third-order valence-electron chi connectivity index (χ3n) is 3.80. The van der Waals surface area contributed by atoms with Crippen LogP contribution >= 0.6 is 0 Å². The molecule has 0 aliphatic heterocycles. The minimum absolute atomic E-state index is 0.472. The van der Waals surface area contributed by atoms with E-state index in [1.165, 1.54) is 0 Å². The van der Waals surface area contributed by atoms with Crippen LogP contribution in [-0.2, 0) is 11.3 Å². The van der Waals surface area contributed by atoms with Gasteiger partial charge in [-0.05, 0) is 42.7 Å². The number of nitrogen functional groups attached to an aromatic ring is 1. The molecule has 1 amide bonds. The number of pyridine rings is 1. The Morgan fingerprint density at radius 1 is 1.13 bits per heavy atom. The van der Waals surface area contributed by atoms with E-state index in [4.69, 9.17) is 10.5 Å². The summed E-state index contributed by atoms with van der Waals surface area (Å²) in [7, 11) is 0. The third kappa shape index (κ3) is 8.14. The largest absolute Gasteiger partial charge is 0.476 e. The molecule has 0 aliphatic rings.